The van der Waals surface area contributed by atoms with Crippen molar-refractivity contribution in [3.05, 3.63) is 53.9 Å². The summed E-state index contributed by atoms with van der Waals surface area (Å²) in [5.41, 5.74) is 2.49. The van der Waals surface area contributed by atoms with Crippen LogP contribution in [0, 0.1) is 6.92 Å². The third kappa shape index (κ3) is 2.79. The van der Waals surface area contributed by atoms with E-state index in [0.29, 0.717) is 18.7 Å². The van der Waals surface area contributed by atoms with Gasteiger partial charge in [0.1, 0.15) is 5.82 Å². The number of fused-ring (bicyclic) bond motifs is 1. The smallest absolute Gasteiger partial charge is 0.271 e. The van der Waals surface area contributed by atoms with Crippen molar-refractivity contribution >= 4 is 11.4 Å². The number of carbonyl (C=O) groups excluding carboxylic acids is 1. The van der Waals surface area contributed by atoms with Gasteiger partial charge in [0.15, 0.2) is 5.69 Å². The van der Waals surface area contributed by atoms with Gasteiger partial charge in [-0.05, 0) is 30.7 Å². The van der Waals surface area contributed by atoms with Gasteiger partial charge in [-0.15, -0.1) is 0 Å². The van der Waals surface area contributed by atoms with E-state index in [-0.39, 0.29) is 5.91 Å². The first-order valence-electron chi connectivity index (χ1n) is 6.84. The van der Waals surface area contributed by atoms with E-state index in [0.717, 1.165) is 16.9 Å². The molecule has 1 N–H and O–H groups in total. The number of carbonyl (C=O) groups is 1. The first kappa shape index (κ1) is 13.4. The second-order valence-electron chi connectivity index (χ2n) is 5.06. The second-order valence-corrected chi connectivity index (χ2v) is 5.06. The summed E-state index contributed by atoms with van der Waals surface area (Å²) < 4.78 is 3.65. The van der Waals surface area contributed by atoms with Crippen LogP contribution >= 0.6 is 0 Å². The molecule has 0 spiro atoms. The summed E-state index contributed by atoms with van der Waals surface area (Å²) in [5, 5.41) is 7.14. The van der Waals surface area contributed by atoms with Gasteiger partial charge in [-0.1, -0.05) is 0 Å². The van der Waals surface area contributed by atoms with Crippen molar-refractivity contribution in [3.8, 4) is 0 Å². The fourth-order valence-corrected chi connectivity index (χ4v) is 2.23. The summed E-state index contributed by atoms with van der Waals surface area (Å²) >= 11 is 0. The molecule has 0 unspecified atom stereocenters. The fraction of sp³-hybridized carbons (Fsp3) is 0.267. The number of nitrogens with one attached hydrogen (secondary N) is 1. The Kier molecular flexibility index (Phi) is 3.43. The molecular formula is C15H17N5O. The third-order valence-corrected chi connectivity index (χ3v) is 3.41. The van der Waals surface area contributed by atoms with E-state index in [2.05, 4.69) is 15.4 Å². The number of rotatable bonds is 4. The topological polar surface area (TPSA) is 64.2 Å². The molecule has 3 aromatic heterocycles. The molecule has 108 valence electrons. The van der Waals surface area contributed by atoms with Crippen LogP contribution in [0.15, 0.2) is 36.8 Å². The highest BCUT2D eigenvalue weighted by Crippen LogP contribution is 2.08. The highest BCUT2D eigenvalue weighted by Gasteiger charge is 2.10. The fourth-order valence-electron chi connectivity index (χ4n) is 2.23. The Balaban J connectivity index is 1.65. The first-order chi connectivity index (χ1) is 10.1. The van der Waals surface area contributed by atoms with Crippen molar-refractivity contribution in [2.24, 2.45) is 7.05 Å². The predicted molar refractivity (Wildman–Crippen MR) is 79.2 cm³/mol. The zero-order valence-corrected chi connectivity index (χ0v) is 12.1. The van der Waals surface area contributed by atoms with E-state index in [1.165, 1.54) is 0 Å². The first-order valence-corrected chi connectivity index (χ1v) is 6.84. The van der Waals surface area contributed by atoms with Gasteiger partial charge < -0.3 is 9.88 Å². The number of pyridine rings is 1. The lowest BCUT2D eigenvalue weighted by Gasteiger charge is -2.03. The summed E-state index contributed by atoms with van der Waals surface area (Å²) in [6.07, 6.45) is 6.19. The number of nitrogens with zero attached hydrogens (tertiary/aromatic N) is 4. The van der Waals surface area contributed by atoms with E-state index in [9.17, 15) is 4.79 Å². The highest BCUT2D eigenvalue weighted by atomic mass is 16.1. The number of hydrogen-bond donors (Lipinski definition) is 1. The van der Waals surface area contributed by atoms with Gasteiger partial charge in [0, 0.05) is 38.6 Å². The lowest BCUT2D eigenvalue weighted by atomic mass is 10.2. The van der Waals surface area contributed by atoms with Crippen molar-refractivity contribution in [2.45, 2.75) is 13.3 Å². The summed E-state index contributed by atoms with van der Waals surface area (Å²) in [4.78, 5) is 16.3. The van der Waals surface area contributed by atoms with Crippen molar-refractivity contribution in [1.82, 2.24) is 24.5 Å². The molecule has 1 amide bonds. The zero-order valence-electron chi connectivity index (χ0n) is 12.1. The molecule has 0 saturated carbocycles. The van der Waals surface area contributed by atoms with Gasteiger partial charge in [-0.25, -0.2) is 9.50 Å². The Labute approximate surface area is 122 Å². The van der Waals surface area contributed by atoms with Crippen LogP contribution in [0.4, 0.5) is 0 Å². The number of aromatic nitrogens is 4. The lowest BCUT2D eigenvalue weighted by molar-refractivity contribution is 0.0948. The molecule has 3 aromatic rings. The van der Waals surface area contributed by atoms with Crippen LogP contribution < -0.4 is 5.32 Å². The Morgan fingerprint density at radius 2 is 2.19 bits per heavy atom. The molecule has 0 aromatic carbocycles. The maximum atomic E-state index is 12.1. The highest BCUT2D eigenvalue weighted by molar-refractivity contribution is 5.93. The van der Waals surface area contributed by atoms with Gasteiger partial charge in [-0.2, -0.15) is 5.10 Å². The third-order valence-electron chi connectivity index (χ3n) is 3.41. The van der Waals surface area contributed by atoms with Crippen LogP contribution in [0.3, 0.4) is 0 Å². The zero-order chi connectivity index (χ0) is 14.8. The maximum absolute atomic E-state index is 12.1. The molecule has 0 aliphatic heterocycles. The average Bonchev–Trinajstić information content (AvgIpc) is 3.05. The minimum absolute atomic E-state index is 0.162. The van der Waals surface area contributed by atoms with E-state index >= 15 is 0 Å². The SMILES string of the molecule is Cc1ccn2nc(C(=O)NCCc3nccn3C)cc2c1. The van der Waals surface area contributed by atoms with Gasteiger partial charge >= 0.3 is 0 Å². The van der Waals surface area contributed by atoms with Crippen LogP contribution in [0.2, 0.25) is 0 Å². The normalized spacial score (nSPS) is 11.0. The summed E-state index contributed by atoms with van der Waals surface area (Å²) in [6, 6.07) is 5.75. The second kappa shape index (κ2) is 5.40. The van der Waals surface area contributed by atoms with Crippen LogP contribution in [-0.4, -0.2) is 31.6 Å². The Morgan fingerprint density at radius 3 is 2.95 bits per heavy atom. The van der Waals surface area contributed by atoms with Gasteiger partial charge in [0.2, 0.25) is 0 Å². The number of aryl methyl sites for hydroxylation is 2. The molecule has 21 heavy (non-hydrogen) atoms. The van der Waals surface area contributed by atoms with Crippen molar-refractivity contribution in [1.29, 1.82) is 0 Å². The van der Waals surface area contributed by atoms with Crippen LogP contribution in [-0.2, 0) is 13.5 Å². The van der Waals surface area contributed by atoms with Gasteiger partial charge in [0.25, 0.3) is 5.91 Å². The minimum atomic E-state index is -0.162. The Hall–Kier alpha value is -2.63. The predicted octanol–water partition coefficient (Wildman–Crippen LogP) is 1.35. The van der Waals surface area contributed by atoms with Crippen molar-refractivity contribution < 1.29 is 4.79 Å². The van der Waals surface area contributed by atoms with Crippen LogP contribution in [0.5, 0.6) is 0 Å². The van der Waals surface area contributed by atoms with E-state index in [4.69, 9.17) is 0 Å². The molecule has 0 radical (unpaired) electrons. The molecule has 3 heterocycles. The van der Waals surface area contributed by atoms with Gasteiger partial charge in [0.05, 0.1) is 5.52 Å². The van der Waals surface area contributed by atoms with Gasteiger partial charge in [-0.3, -0.25) is 4.79 Å². The lowest BCUT2D eigenvalue weighted by Crippen LogP contribution is -2.26. The average molecular weight is 283 g/mol. The Morgan fingerprint density at radius 1 is 1.33 bits per heavy atom. The monoisotopic (exact) mass is 283 g/mol. The minimum Gasteiger partial charge on any atom is -0.350 e. The molecule has 6 heteroatoms. The number of amides is 1. The summed E-state index contributed by atoms with van der Waals surface area (Å²) in [5.74, 6) is 0.784. The maximum Gasteiger partial charge on any atom is 0.271 e. The molecule has 0 saturated heterocycles. The number of hydrogen-bond acceptors (Lipinski definition) is 3. The van der Waals surface area contributed by atoms with Crippen LogP contribution in [0.1, 0.15) is 21.9 Å². The quantitative estimate of drug-likeness (QED) is 0.786. The Bertz CT molecular complexity index is 786. The molecule has 6 nitrogen and oxygen atoms in total. The molecule has 0 fully saturated rings. The van der Waals surface area contributed by atoms with Crippen molar-refractivity contribution in [2.75, 3.05) is 6.54 Å². The summed E-state index contributed by atoms with van der Waals surface area (Å²) in [6.45, 7) is 2.55. The van der Waals surface area contributed by atoms with Crippen molar-refractivity contribution in [3.63, 3.8) is 0 Å². The standard InChI is InChI=1S/C15H17N5O/c1-11-4-7-20-12(9-11)10-13(18-20)15(21)17-5-3-14-16-6-8-19(14)2/h4,6-10H,3,5H2,1-2H3,(H,17,21). The molecule has 3 rings (SSSR count). The molecule has 0 aliphatic rings. The molecule has 0 bridgehead atoms. The molecular weight excluding hydrogens is 266 g/mol. The van der Waals surface area contributed by atoms with E-state index in [1.807, 2.05) is 43.1 Å². The molecule has 0 atom stereocenters. The summed E-state index contributed by atoms with van der Waals surface area (Å²) in [7, 11) is 1.94. The largest absolute Gasteiger partial charge is 0.350 e. The van der Waals surface area contributed by atoms with E-state index < -0.39 is 0 Å². The van der Waals surface area contributed by atoms with E-state index in [1.54, 1.807) is 16.8 Å². The number of imidazole rings is 1. The van der Waals surface area contributed by atoms with Crippen LogP contribution in [0.25, 0.3) is 5.52 Å². The molecule has 0 aliphatic carbocycles.